The lowest BCUT2D eigenvalue weighted by Crippen LogP contribution is -2.02. The van der Waals surface area contributed by atoms with Crippen LogP contribution in [0, 0.1) is 0 Å². The third kappa shape index (κ3) is 1.80. The molecule has 78 valence electrons. The molecular weight excluding hydrogens is 258 g/mol. The number of fused-ring (bicyclic) bond motifs is 1. The second kappa shape index (κ2) is 4.13. The van der Waals surface area contributed by atoms with E-state index in [9.17, 15) is 0 Å². The van der Waals surface area contributed by atoms with Crippen molar-refractivity contribution in [3.8, 4) is 5.75 Å². The fourth-order valence-corrected chi connectivity index (χ4v) is 2.61. The van der Waals surface area contributed by atoms with Gasteiger partial charge in [-0.1, -0.05) is 27.1 Å². The van der Waals surface area contributed by atoms with Gasteiger partial charge >= 0.3 is 0 Å². The zero-order valence-electron chi connectivity index (χ0n) is 8.22. The molecule has 0 amide bonds. The van der Waals surface area contributed by atoms with Gasteiger partial charge in [-0.2, -0.15) is 0 Å². The van der Waals surface area contributed by atoms with Crippen LogP contribution in [0.1, 0.15) is 17.2 Å². The summed E-state index contributed by atoms with van der Waals surface area (Å²) in [6, 6.07) is 5.77. The first kappa shape index (κ1) is 10.3. The summed E-state index contributed by atoms with van der Waals surface area (Å²) >= 11 is 3.53. The van der Waals surface area contributed by atoms with Crippen LogP contribution in [0.15, 0.2) is 23.3 Å². The van der Waals surface area contributed by atoms with Crippen LogP contribution in [0.5, 0.6) is 5.75 Å². The number of methoxy groups -OCH3 is 1. The number of hydrogen-bond acceptors (Lipinski definition) is 2. The highest BCUT2D eigenvalue weighted by molar-refractivity contribution is 9.09. The molecular formula is C10H10BrN3O. The van der Waals surface area contributed by atoms with Gasteiger partial charge in [-0.15, -0.1) is 0 Å². The van der Waals surface area contributed by atoms with Gasteiger partial charge in [0, 0.05) is 9.74 Å². The van der Waals surface area contributed by atoms with Crippen molar-refractivity contribution in [1.82, 2.24) is 0 Å². The summed E-state index contributed by atoms with van der Waals surface area (Å²) in [6.07, 6.45) is 0.892. The highest BCUT2D eigenvalue weighted by Crippen LogP contribution is 2.40. The van der Waals surface area contributed by atoms with Crippen molar-refractivity contribution in [2.75, 3.05) is 7.11 Å². The molecule has 0 bridgehead atoms. The van der Waals surface area contributed by atoms with E-state index in [-0.39, 0.29) is 10.9 Å². The van der Waals surface area contributed by atoms with Gasteiger partial charge in [-0.25, -0.2) is 0 Å². The maximum Gasteiger partial charge on any atom is 0.119 e. The first-order chi connectivity index (χ1) is 7.26. The topological polar surface area (TPSA) is 58.0 Å². The molecule has 0 heterocycles. The minimum absolute atomic E-state index is 0.125. The molecule has 0 radical (unpaired) electrons. The highest BCUT2D eigenvalue weighted by atomic mass is 79.9. The molecule has 0 aromatic heterocycles. The Bertz CT molecular complexity index is 429. The molecule has 0 fully saturated rings. The fourth-order valence-electron chi connectivity index (χ4n) is 1.87. The molecule has 0 spiro atoms. The second-order valence-electron chi connectivity index (χ2n) is 3.43. The summed E-state index contributed by atoms with van der Waals surface area (Å²) in [5.41, 5.74) is 10.8. The van der Waals surface area contributed by atoms with Crippen LogP contribution >= 0.6 is 15.9 Å². The maximum atomic E-state index is 8.50. The monoisotopic (exact) mass is 267 g/mol. The van der Waals surface area contributed by atoms with E-state index in [2.05, 4.69) is 26.0 Å². The molecule has 0 saturated carbocycles. The lowest BCUT2D eigenvalue weighted by Gasteiger charge is -2.08. The number of alkyl halides is 1. The standard InChI is InChI=1S/C10H10BrN3O/c1-15-7-3-2-6-4-9(11)10(13-14-12)8(6)5-7/h2-3,5,9-10H,4H2,1H3/t9-,10+/m1/s1. The van der Waals surface area contributed by atoms with Crippen molar-refractivity contribution in [1.29, 1.82) is 0 Å². The first-order valence-electron chi connectivity index (χ1n) is 4.61. The molecule has 1 aromatic carbocycles. The van der Waals surface area contributed by atoms with Gasteiger partial charge < -0.3 is 4.74 Å². The average Bonchev–Trinajstić information content (AvgIpc) is 2.55. The second-order valence-corrected chi connectivity index (χ2v) is 4.61. The van der Waals surface area contributed by atoms with Gasteiger partial charge in [0.15, 0.2) is 0 Å². The molecule has 0 aliphatic heterocycles. The minimum Gasteiger partial charge on any atom is -0.497 e. The van der Waals surface area contributed by atoms with E-state index in [1.165, 1.54) is 5.56 Å². The third-order valence-electron chi connectivity index (χ3n) is 2.61. The largest absolute Gasteiger partial charge is 0.497 e. The number of ether oxygens (including phenoxy) is 1. The summed E-state index contributed by atoms with van der Waals surface area (Å²) < 4.78 is 5.15. The average molecular weight is 268 g/mol. The Balaban J connectivity index is 2.45. The highest BCUT2D eigenvalue weighted by Gasteiger charge is 2.30. The van der Waals surface area contributed by atoms with Crippen molar-refractivity contribution in [3.63, 3.8) is 0 Å². The van der Waals surface area contributed by atoms with Crippen molar-refractivity contribution in [2.24, 2.45) is 5.11 Å². The van der Waals surface area contributed by atoms with Crippen molar-refractivity contribution in [3.05, 3.63) is 39.8 Å². The van der Waals surface area contributed by atoms with Gasteiger partial charge in [-0.3, -0.25) is 0 Å². The van der Waals surface area contributed by atoms with Gasteiger partial charge in [0.25, 0.3) is 0 Å². The molecule has 1 aliphatic rings. The molecule has 1 aromatic rings. The molecule has 5 heteroatoms. The van der Waals surface area contributed by atoms with Crippen molar-refractivity contribution >= 4 is 15.9 Å². The zero-order valence-corrected chi connectivity index (χ0v) is 9.81. The molecule has 0 N–H and O–H groups in total. The molecule has 0 saturated heterocycles. The Labute approximate surface area is 96.0 Å². The molecule has 4 nitrogen and oxygen atoms in total. The van der Waals surface area contributed by atoms with Crippen LogP contribution in [0.3, 0.4) is 0 Å². The van der Waals surface area contributed by atoms with E-state index in [1.54, 1.807) is 7.11 Å². The van der Waals surface area contributed by atoms with E-state index in [0.717, 1.165) is 17.7 Å². The normalized spacial score (nSPS) is 23.1. The van der Waals surface area contributed by atoms with E-state index >= 15 is 0 Å². The Morgan fingerprint density at radius 1 is 1.60 bits per heavy atom. The summed E-state index contributed by atoms with van der Waals surface area (Å²) in [5, 5.41) is 3.80. The number of azide groups is 1. The van der Waals surface area contributed by atoms with Crippen molar-refractivity contribution in [2.45, 2.75) is 17.3 Å². The van der Waals surface area contributed by atoms with Gasteiger partial charge in [0.1, 0.15) is 5.75 Å². The third-order valence-corrected chi connectivity index (χ3v) is 3.43. The Morgan fingerprint density at radius 3 is 3.07 bits per heavy atom. The van der Waals surface area contributed by atoms with Gasteiger partial charge in [0.05, 0.1) is 13.2 Å². The van der Waals surface area contributed by atoms with Crippen LogP contribution in [-0.2, 0) is 6.42 Å². The molecule has 0 unspecified atom stereocenters. The molecule has 15 heavy (non-hydrogen) atoms. The minimum atomic E-state index is -0.125. The maximum absolute atomic E-state index is 8.50. The molecule has 2 rings (SSSR count). The van der Waals surface area contributed by atoms with Crippen LogP contribution < -0.4 is 4.74 Å². The summed E-state index contributed by atoms with van der Waals surface area (Å²) in [5.74, 6) is 0.800. The van der Waals surface area contributed by atoms with Crippen LogP contribution in [-0.4, -0.2) is 11.9 Å². The molecule has 1 aliphatic carbocycles. The van der Waals surface area contributed by atoms with Crippen LogP contribution in [0.4, 0.5) is 0 Å². The van der Waals surface area contributed by atoms with E-state index in [4.69, 9.17) is 10.3 Å². The zero-order chi connectivity index (χ0) is 10.8. The van der Waals surface area contributed by atoms with E-state index < -0.39 is 0 Å². The Kier molecular flexibility index (Phi) is 2.84. The summed E-state index contributed by atoms with van der Waals surface area (Å²) in [7, 11) is 1.63. The Hall–Kier alpha value is -1.19. The number of hydrogen-bond donors (Lipinski definition) is 0. The van der Waals surface area contributed by atoms with Crippen molar-refractivity contribution < 1.29 is 4.74 Å². The quantitative estimate of drug-likeness (QED) is 0.351. The summed E-state index contributed by atoms with van der Waals surface area (Å²) in [4.78, 5) is 3.07. The summed E-state index contributed by atoms with van der Waals surface area (Å²) in [6.45, 7) is 0. The Morgan fingerprint density at radius 2 is 2.40 bits per heavy atom. The lowest BCUT2D eigenvalue weighted by atomic mass is 10.1. The SMILES string of the molecule is COc1ccc2c(c1)[C@H](N=[N+]=[N-])[C@H](Br)C2. The van der Waals surface area contributed by atoms with Gasteiger partial charge in [0.2, 0.25) is 0 Å². The first-order valence-corrected chi connectivity index (χ1v) is 5.53. The molecule has 2 atom stereocenters. The smallest absolute Gasteiger partial charge is 0.119 e. The van der Waals surface area contributed by atoms with Crippen LogP contribution in [0.25, 0.3) is 10.4 Å². The number of nitrogens with zero attached hydrogens (tertiary/aromatic N) is 3. The van der Waals surface area contributed by atoms with E-state index in [1.807, 2.05) is 18.2 Å². The predicted octanol–water partition coefficient (Wildman–Crippen LogP) is 3.37. The fraction of sp³-hybridized carbons (Fsp3) is 0.400. The number of halogens is 1. The van der Waals surface area contributed by atoms with Crippen LogP contribution in [0.2, 0.25) is 0 Å². The van der Waals surface area contributed by atoms with Gasteiger partial charge in [-0.05, 0) is 35.2 Å². The lowest BCUT2D eigenvalue weighted by molar-refractivity contribution is 0.414. The number of rotatable bonds is 2. The predicted molar refractivity (Wildman–Crippen MR) is 61.3 cm³/mol. The van der Waals surface area contributed by atoms with E-state index in [0.29, 0.717) is 0 Å². The number of benzene rings is 1.